The predicted molar refractivity (Wildman–Crippen MR) is 58.8 cm³/mol. The summed E-state index contributed by atoms with van der Waals surface area (Å²) in [6.07, 6.45) is 0. The van der Waals surface area contributed by atoms with Gasteiger partial charge < -0.3 is 9.47 Å². The van der Waals surface area contributed by atoms with Crippen LogP contribution in [0.15, 0.2) is 30.3 Å². The Balaban J connectivity index is 1.96. The highest BCUT2D eigenvalue weighted by Crippen LogP contribution is 2.19. The van der Waals surface area contributed by atoms with Gasteiger partial charge in [0.15, 0.2) is 5.54 Å². The average Bonchev–Trinajstić information content (AvgIpc) is 2.28. The van der Waals surface area contributed by atoms with Crippen LogP contribution >= 0.6 is 0 Å². The van der Waals surface area contributed by atoms with E-state index in [9.17, 15) is 4.79 Å². The molecular weight excluding hydrogens is 206 g/mol. The van der Waals surface area contributed by atoms with E-state index in [0.29, 0.717) is 19.8 Å². The molecule has 0 radical (unpaired) electrons. The van der Waals surface area contributed by atoms with Gasteiger partial charge in [0.2, 0.25) is 0 Å². The van der Waals surface area contributed by atoms with Crippen molar-refractivity contribution in [1.82, 2.24) is 5.32 Å². The summed E-state index contributed by atoms with van der Waals surface area (Å²) in [5.74, 6) is -0.255. The lowest BCUT2D eigenvalue weighted by atomic mass is 9.97. The molecule has 1 fully saturated rings. The number of ether oxygens (including phenoxy) is 2. The van der Waals surface area contributed by atoms with Gasteiger partial charge in [0.1, 0.15) is 0 Å². The molecule has 4 nitrogen and oxygen atoms in total. The first-order chi connectivity index (χ1) is 7.77. The first-order valence-corrected chi connectivity index (χ1v) is 5.22. The lowest BCUT2D eigenvalue weighted by Crippen LogP contribution is -2.65. The molecule has 16 heavy (non-hydrogen) atoms. The van der Waals surface area contributed by atoms with Gasteiger partial charge in [-0.3, -0.25) is 5.32 Å². The molecule has 0 aromatic heterocycles. The van der Waals surface area contributed by atoms with Crippen molar-refractivity contribution in [3.05, 3.63) is 35.9 Å². The molecule has 2 rings (SSSR count). The summed E-state index contributed by atoms with van der Waals surface area (Å²) in [4.78, 5) is 11.6. The minimum Gasteiger partial charge on any atom is -0.468 e. The molecule has 0 atom stereocenters. The minimum atomic E-state index is -0.648. The van der Waals surface area contributed by atoms with Gasteiger partial charge in [-0.2, -0.15) is 0 Å². The van der Waals surface area contributed by atoms with Crippen molar-refractivity contribution in [2.24, 2.45) is 0 Å². The van der Waals surface area contributed by atoms with Crippen LogP contribution in [0.2, 0.25) is 0 Å². The summed E-state index contributed by atoms with van der Waals surface area (Å²) in [6.45, 7) is 1.40. The Labute approximate surface area is 94.6 Å². The van der Waals surface area contributed by atoms with E-state index in [1.54, 1.807) is 0 Å². The fourth-order valence-electron chi connectivity index (χ4n) is 1.66. The molecule has 0 saturated carbocycles. The van der Waals surface area contributed by atoms with Gasteiger partial charge in [0.25, 0.3) is 0 Å². The number of hydrogen-bond acceptors (Lipinski definition) is 4. The number of carbonyl (C=O) groups excluding carboxylic acids is 1. The monoisotopic (exact) mass is 221 g/mol. The molecule has 1 aliphatic heterocycles. The topological polar surface area (TPSA) is 47.6 Å². The summed E-state index contributed by atoms with van der Waals surface area (Å²) in [6, 6.07) is 9.93. The van der Waals surface area contributed by atoms with Crippen LogP contribution in [0.25, 0.3) is 0 Å². The number of carbonyl (C=O) groups is 1. The Morgan fingerprint density at radius 3 is 2.62 bits per heavy atom. The lowest BCUT2D eigenvalue weighted by molar-refractivity contribution is -0.169. The first kappa shape index (κ1) is 11.1. The molecule has 86 valence electrons. The average molecular weight is 221 g/mol. The summed E-state index contributed by atoms with van der Waals surface area (Å²) in [5.41, 5.74) is 0.489. The molecule has 0 spiro atoms. The molecule has 1 aliphatic rings. The normalized spacial score (nSPS) is 17.6. The zero-order valence-corrected chi connectivity index (χ0v) is 9.23. The highest BCUT2D eigenvalue weighted by Gasteiger charge is 2.46. The molecule has 1 aromatic carbocycles. The number of benzene rings is 1. The fourth-order valence-corrected chi connectivity index (χ4v) is 1.66. The van der Waals surface area contributed by atoms with E-state index in [4.69, 9.17) is 9.47 Å². The zero-order chi connectivity index (χ0) is 11.4. The fraction of sp³-hybridized carbons (Fsp3) is 0.417. The molecule has 1 N–H and O–H groups in total. The van der Waals surface area contributed by atoms with E-state index in [2.05, 4.69) is 5.32 Å². The molecule has 1 saturated heterocycles. The van der Waals surface area contributed by atoms with E-state index in [-0.39, 0.29) is 5.97 Å². The summed E-state index contributed by atoms with van der Waals surface area (Å²) in [7, 11) is 1.40. The smallest absolute Gasteiger partial charge is 0.330 e. The molecular formula is C12H15NO3. The quantitative estimate of drug-likeness (QED) is 0.761. The van der Waals surface area contributed by atoms with Crippen molar-refractivity contribution < 1.29 is 14.3 Å². The van der Waals surface area contributed by atoms with Crippen LogP contribution in [0, 0.1) is 0 Å². The highest BCUT2D eigenvalue weighted by molar-refractivity contribution is 5.82. The van der Waals surface area contributed by atoms with Crippen LogP contribution in [0.3, 0.4) is 0 Å². The van der Waals surface area contributed by atoms with E-state index in [1.165, 1.54) is 7.11 Å². The van der Waals surface area contributed by atoms with Crippen molar-refractivity contribution in [2.45, 2.75) is 12.1 Å². The third-order valence-corrected chi connectivity index (χ3v) is 2.75. The maximum atomic E-state index is 11.6. The van der Waals surface area contributed by atoms with Crippen molar-refractivity contribution in [3.63, 3.8) is 0 Å². The van der Waals surface area contributed by atoms with Crippen LogP contribution in [0.1, 0.15) is 5.56 Å². The molecule has 0 amide bonds. The SMILES string of the molecule is COC(=O)C1(NCc2ccccc2)COC1. The van der Waals surface area contributed by atoms with Gasteiger partial charge in [0, 0.05) is 6.54 Å². The third-order valence-electron chi connectivity index (χ3n) is 2.75. The molecule has 1 heterocycles. The summed E-state index contributed by atoms with van der Waals surface area (Å²) in [5, 5.41) is 3.20. The third kappa shape index (κ3) is 2.08. The van der Waals surface area contributed by atoms with Crippen molar-refractivity contribution in [1.29, 1.82) is 0 Å². The molecule has 0 aliphatic carbocycles. The number of methoxy groups -OCH3 is 1. The maximum absolute atomic E-state index is 11.6. The lowest BCUT2D eigenvalue weighted by Gasteiger charge is -2.39. The van der Waals surface area contributed by atoms with E-state index in [1.807, 2.05) is 30.3 Å². The van der Waals surface area contributed by atoms with E-state index < -0.39 is 5.54 Å². The largest absolute Gasteiger partial charge is 0.468 e. The Hall–Kier alpha value is -1.39. The highest BCUT2D eigenvalue weighted by atomic mass is 16.5. The standard InChI is InChI=1S/C12H15NO3/c1-15-11(14)12(8-16-9-12)13-7-10-5-3-2-4-6-10/h2-6,13H,7-9H2,1H3. The van der Waals surface area contributed by atoms with Crippen molar-refractivity contribution >= 4 is 5.97 Å². The summed E-state index contributed by atoms with van der Waals surface area (Å²) >= 11 is 0. The van der Waals surface area contributed by atoms with Gasteiger partial charge in [-0.1, -0.05) is 30.3 Å². The second-order valence-electron chi connectivity index (χ2n) is 3.91. The first-order valence-electron chi connectivity index (χ1n) is 5.22. The van der Waals surface area contributed by atoms with E-state index in [0.717, 1.165) is 5.56 Å². The molecule has 0 bridgehead atoms. The molecule has 0 unspecified atom stereocenters. The number of rotatable bonds is 4. The van der Waals surface area contributed by atoms with Gasteiger partial charge in [-0.15, -0.1) is 0 Å². The summed E-state index contributed by atoms with van der Waals surface area (Å²) < 4.78 is 9.85. The number of esters is 1. The second kappa shape index (κ2) is 4.63. The van der Waals surface area contributed by atoms with Crippen LogP contribution in [-0.2, 0) is 20.8 Å². The van der Waals surface area contributed by atoms with E-state index >= 15 is 0 Å². The van der Waals surface area contributed by atoms with Gasteiger partial charge in [0.05, 0.1) is 20.3 Å². The van der Waals surface area contributed by atoms with Crippen molar-refractivity contribution in [3.8, 4) is 0 Å². The maximum Gasteiger partial charge on any atom is 0.330 e. The van der Waals surface area contributed by atoms with Crippen LogP contribution in [-0.4, -0.2) is 31.8 Å². The Morgan fingerprint density at radius 1 is 1.44 bits per heavy atom. The van der Waals surface area contributed by atoms with Gasteiger partial charge in [-0.25, -0.2) is 4.79 Å². The second-order valence-corrected chi connectivity index (χ2v) is 3.91. The molecule has 4 heteroatoms. The Bertz CT molecular complexity index is 360. The predicted octanol–water partition coefficient (Wildman–Crippen LogP) is 0.718. The number of hydrogen-bond donors (Lipinski definition) is 1. The van der Waals surface area contributed by atoms with Crippen LogP contribution in [0.5, 0.6) is 0 Å². The van der Waals surface area contributed by atoms with Gasteiger partial charge >= 0.3 is 5.97 Å². The van der Waals surface area contributed by atoms with Crippen molar-refractivity contribution in [2.75, 3.05) is 20.3 Å². The Kier molecular flexibility index (Phi) is 3.22. The van der Waals surface area contributed by atoms with Crippen LogP contribution in [0.4, 0.5) is 0 Å². The number of nitrogens with one attached hydrogen (secondary N) is 1. The minimum absolute atomic E-state index is 0.255. The van der Waals surface area contributed by atoms with Crippen LogP contribution < -0.4 is 5.32 Å². The molecule has 1 aromatic rings. The zero-order valence-electron chi connectivity index (χ0n) is 9.23. The Morgan fingerprint density at radius 2 is 2.12 bits per heavy atom. The van der Waals surface area contributed by atoms with Gasteiger partial charge in [-0.05, 0) is 5.56 Å².